The van der Waals surface area contributed by atoms with E-state index in [0.717, 1.165) is 29.9 Å². The van der Waals surface area contributed by atoms with Crippen LogP contribution in [0.3, 0.4) is 0 Å². The van der Waals surface area contributed by atoms with E-state index in [1.54, 1.807) is 11.0 Å². The Labute approximate surface area is 150 Å². The number of morpholine rings is 1. The summed E-state index contributed by atoms with van der Waals surface area (Å²) in [6.07, 6.45) is 2.73. The second-order valence-corrected chi connectivity index (χ2v) is 7.52. The highest BCUT2D eigenvalue weighted by atomic mass is 16.5. The summed E-state index contributed by atoms with van der Waals surface area (Å²) >= 11 is 0. The second kappa shape index (κ2) is 7.45. The zero-order valence-corrected chi connectivity index (χ0v) is 16.2. The Hall–Kier alpha value is -2.06. The molecule has 1 aliphatic heterocycles. The molecule has 1 amide bonds. The van der Waals surface area contributed by atoms with Gasteiger partial charge in [-0.2, -0.15) is 5.26 Å². The number of aryl methyl sites for hydroxylation is 1. The number of aromatic nitrogens is 1. The fourth-order valence-electron chi connectivity index (χ4n) is 3.62. The van der Waals surface area contributed by atoms with Crippen LogP contribution < -0.4 is 0 Å². The highest BCUT2D eigenvalue weighted by molar-refractivity contribution is 6.02. The standard InChI is InChI=1S/C20H29N3O2/c1-7-8-23-14(2)9-17(16(23)4)10-18(11-21)19(24)22-12-15(3)25-20(5,6)13-22/h9-10,15H,7-8,12-13H2,1-6H3/b18-10-/t15-/m1/s1. The molecule has 0 aliphatic carbocycles. The molecule has 0 N–H and O–H groups in total. The van der Waals surface area contributed by atoms with Crippen molar-refractivity contribution in [3.05, 3.63) is 28.6 Å². The van der Waals surface area contributed by atoms with Crippen molar-refractivity contribution in [3.8, 4) is 6.07 Å². The van der Waals surface area contributed by atoms with Gasteiger partial charge in [-0.25, -0.2) is 0 Å². The summed E-state index contributed by atoms with van der Waals surface area (Å²) in [5, 5.41) is 9.55. The molecule has 136 valence electrons. The maximum absolute atomic E-state index is 12.9. The summed E-state index contributed by atoms with van der Waals surface area (Å²) in [6.45, 7) is 14.1. The lowest BCUT2D eigenvalue weighted by Crippen LogP contribution is -2.54. The Kier molecular flexibility index (Phi) is 5.74. The van der Waals surface area contributed by atoms with Gasteiger partial charge in [-0.1, -0.05) is 6.92 Å². The van der Waals surface area contributed by atoms with Gasteiger partial charge in [-0.3, -0.25) is 4.79 Å². The first kappa shape index (κ1) is 19.3. The van der Waals surface area contributed by atoms with Gasteiger partial charge in [0.25, 0.3) is 5.91 Å². The van der Waals surface area contributed by atoms with Gasteiger partial charge in [0.2, 0.25) is 0 Å². The molecular weight excluding hydrogens is 314 g/mol. The Morgan fingerprint density at radius 1 is 1.48 bits per heavy atom. The number of carbonyl (C=O) groups excluding carboxylic acids is 1. The number of amides is 1. The molecule has 5 nitrogen and oxygen atoms in total. The zero-order valence-electron chi connectivity index (χ0n) is 16.2. The highest BCUT2D eigenvalue weighted by Crippen LogP contribution is 2.24. The normalized spacial score (nSPS) is 20.4. The number of ether oxygens (including phenoxy) is 1. The lowest BCUT2D eigenvalue weighted by molar-refractivity contribution is -0.154. The van der Waals surface area contributed by atoms with Gasteiger partial charge in [0, 0.05) is 31.0 Å². The minimum absolute atomic E-state index is 0.0396. The Morgan fingerprint density at radius 2 is 2.16 bits per heavy atom. The van der Waals surface area contributed by atoms with E-state index in [4.69, 9.17) is 4.74 Å². The molecule has 0 bridgehead atoms. The summed E-state index contributed by atoms with van der Waals surface area (Å²) in [4.78, 5) is 14.6. The van der Waals surface area contributed by atoms with Crippen LogP contribution in [0.15, 0.2) is 11.6 Å². The lowest BCUT2D eigenvalue weighted by atomic mass is 10.0. The van der Waals surface area contributed by atoms with Crippen LogP contribution in [0, 0.1) is 25.2 Å². The maximum Gasteiger partial charge on any atom is 0.264 e. The van der Waals surface area contributed by atoms with E-state index >= 15 is 0 Å². The number of carbonyl (C=O) groups is 1. The van der Waals surface area contributed by atoms with Gasteiger partial charge < -0.3 is 14.2 Å². The molecular formula is C20H29N3O2. The molecule has 0 aromatic carbocycles. The fourth-order valence-corrected chi connectivity index (χ4v) is 3.62. The van der Waals surface area contributed by atoms with Crippen molar-refractivity contribution in [3.63, 3.8) is 0 Å². The first-order chi connectivity index (χ1) is 11.7. The van der Waals surface area contributed by atoms with E-state index in [1.165, 1.54) is 0 Å². The van der Waals surface area contributed by atoms with Crippen LogP contribution in [0.5, 0.6) is 0 Å². The van der Waals surface area contributed by atoms with Gasteiger partial charge in [0.05, 0.1) is 11.7 Å². The van der Waals surface area contributed by atoms with Crippen LogP contribution in [0.4, 0.5) is 0 Å². The molecule has 2 rings (SSSR count). The summed E-state index contributed by atoms with van der Waals surface area (Å²) in [6, 6.07) is 4.14. The summed E-state index contributed by atoms with van der Waals surface area (Å²) in [5.41, 5.74) is 2.97. The number of nitriles is 1. The fraction of sp³-hybridized carbons (Fsp3) is 0.600. The predicted octanol–water partition coefficient (Wildman–Crippen LogP) is 3.45. The molecule has 0 saturated carbocycles. The Balaban J connectivity index is 2.30. The van der Waals surface area contributed by atoms with E-state index < -0.39 is 5.60 Å². The van der Waals surface area contributed by atoms with Crippen LogP contribution >= 0.6 is 0 Å². The number of hydrogen-bond acceptors (Lipinski definition) is 3. The molecule has 0 radical (unpaired) electrons. The van der Waals surface area contributed by atoms with E-state index in [9.17, 15) is 10.1 Å². The monoisotopic (exact) mass is 343 g/mol. The van der Waals surface area contributed by atoms with Gasteiger partial charge in [-0.05, 0) is 58.7 Å². The molecule has 2 heterocycles. The van der Waals surface area contributed by atoms with E-state index in [1.807, 2.05) is 33.8 Å². The Morgan fingerprint density at radius 3 is 2.72 bits per heavy atom. The zero-order chi connectivity index (χ0) is 18.8. The predicted molar refractivity (Wildman–Crippen MR) is 99.0 cm³/mol. The average molecular weight is 343 g/mol. The van der Waals surface area contributed by atoms with Crippen molar-refractivity contribution in [2.24, 2.45) is 0 Å². The first-order valence-corrected chi connectivity index (χ1v) is 8.94. The summed E-state index contributed by atoms with van der Waals surface area (Å²) in [5.74, 6) is -0.217. The van der Waals surface area contributed by atoms with Crippen molar-refractivity contribution in [2.45, 2.75) is 66.2 Å². The maximum atomic E-state index is 12.9. The van der Waals surface area contributed by atoms with Crippen molar-refractivity contribution >= 4 is 12.0 Å². The molecule has 1 atom stereocenters. The molecule has 1 fully saturated rings. The molecule has 5 heteroatoms. The van der Waals surface area contributed by atoms with Crippen LogP contribution in [0.25, 0.3) is 6.08 Å². The van der Waals surface area contributed by atoms with Gasteiger partial charge in [0.1, 0.15) is 11.6 Å². The van der Waals surface area contributed by atoms with Gasteiger partial charge >= 0.3 is 0 Å². The largest absolute Gasteiger partial charge is 0.369 e. The summed E-state index contributed by atoms with van der Waals surface area (Å²) < 4.78 is 8.08. The SMILES string of the molecule is CCCn1c(C)cc(/C=C(/C#N)C(=O)N2C[C@@H](C)OC(C)(C)C2)c1C. The van der Waals surface area contributed by atoms with Crippen LogP contribution in [0.2, 0.25) is 0 Å². The van der Waals surface area contributed by atoms with Crippen molar-refractivity contribution in [1.29, 1.82) is 5.26 Å². The molecule has 25 heavy (non-hydrogen) atoms. The topological polar surface area (TPSA) is 58.3 Å². The van der Waals surface area contributed by atoms with E-state index in [0.29, 0.717) is 13.1 Å². The molecule has 1 aromatic heterocycles. The smallest absolute Gasteiger partial charge is 0.264 e. The van der Waals surface area contributed by atoms with E-state index in [-0.39, 0.29) is 17.6 Å². The van der Waals surface area contributed by atoms with Crippen LogP contribution in [-0.2, 0) is 16.1 Å². The first-order valence-electron chi connectivity index (χ1n) is 8.94. The second-order valence-electron chi connectivity index (χ2n) is 7.52. The third-order valence-corrected chi connectivity index (χ3v) is 4.57. The van der Waals surface area contributed by atoms with Crippen LogP contribution in [0.1, 0.15) is 51.1 Å². The molecule has 0 unspecified atom stereocenters. The summed E-state index contributed by atoms with van der Waals surface area (Å²) in [7, 11) is 0. The molecule has 1 aromatic rings. The minimum Gasteiger partial charge on any atom is -0.369 e. The number of rotatable bonds is 4. The lowest BCUT2D eigenvalue weighted by Gasteiger charge is -2.41. The van der Waals surface area contributed by atoms with Gasteiger partial charge in [0.15, 0.2) is 0 Å². The molecule has 1 aliphatic rings. The van der Waals surface area contributed by atoms with Crippen LogP contribution in [-0.4, -0.2) is 40.2 Å². The third kappa shape index (κ3) is 4.32. The molecule has 0 spiro atoms. The number of nitrogens with zero attached hydrogens (tertiary/aromatic N) is 3. The number of hydrogen-bond donors (Lipinski definition) is 0. The van der Waals surface area contributed by atoms with E-state index in [2.05, 4.69) is 24.5 Å². The third-order valence-electron chi connectivity index (χ3n) is 4.57. The Bertz CT molecular complexity index is 722. The quantitative estimate of drug-likeness (QED) is 0.621. The molecule has 1 saturated heterocycles. The minimum atomic E-state index is -0.398. The van der Waals surface area contributed by atoms with Crippen molar-refractivity contribution < 1.29 is 9.53 Å². The average Bonchev–Trinajstić information content (AvgIpc) is 2.78. The van der Waals surface area contributed by atoms with Gasteiger partial charge in [-0.15, -0.1) is 0 Å². The highest BCUT2D eigenvalue weighted by Gasteiger charge is 2.34. The van der Waals surface area contributed by atoms with Crippen molar-refractivity contribution in [1.82, 2.24) is 9.47 Å². The van der Waals surface area contributed by atoms with Crippen molar-refractivity contribution in [2.75, 3.05) is 13.1 Å².